The molecule has 0 aliphatic rings. The largest absolute Gasteiger partial charge is 0.244 e. The summed E-state index contributed by atoms with van der Waals surface area (Å²) in [5.41, 5.74) is 4.02. The van der Waals surface area contributed by atoms with Crippen LogP contribution in [-0.2, 0) is 0 Å². The Morgan fingerprint density at radius 3 is 2.32 bits per heavy atom. The van der Waals surface area contributed by atoms with E-state index in [1.807, 2.05) is 36.5 Å². The molecule has 2 aromatic heterocycles. The zero-order valence-electron chi connectivity index (χ0n) is 11.7. The monoisotopic (exact) mass is 284 g/mol. The normalized spacial score (nSPS) is 10.7. The minimum absolute atomic E-state index is 0.637. The predicted octanol–water partition coefficient (Wildman–Crippen LogP) is 3.75. The first-order valence-electron chi connectivity index (χ1n) is 6.98. The molecule has 0 fully saturated rings. The van der Waals surface area contributed by atoms with Crippen LogP contribution < -0.4 is 0 Å². The second-order valence-electron chi connectivity index (χ2n) is 4.93. The molecule has 4 aromatic rings. The molecule has 0 atom stereocenters. The van der Waals surface area contributed by atoms with Gasteiger partial charge in [0.25, 0.3) is 0 Å². The van der Waals surface area contributed by atoms with E-state index in [1.54, 1.807) is 12.4 Å². The van der Waals surface area contributed by atoms with Crippen molar-refractivity contribution in [2.75, 3.05) is 0 Å². The van der Waals surface area contributed by atoms with E-state index < -0.39 is 0 Å². The lowest BCUT2D eigenvalue weighted by Gasteiger charge is -2.07. The molecule has 0 amide bonds. The molecule has 104 valence electrons. The molecule has 0 radical (unpaired) electrons. The van der Waals surface area contributed by atoms with Crippen molar-refractivity contribution < 1.29 is 0 Å². The summed E-state index contributed by atoms with van der Waals surface area (Å²) >= 11 is 0. The van der Waals surface area contributed by atoms with Crippen molar-refractivity contribution in [2.45, 2.75) is 0 Å². The number of fused-ring (bicyclic) bond motifs is 1. The molecule has 0 aliphatic heterocycles. The van der Waals surface area contributed by atoms with Crippen molar-refractivity contribution >= 4 is 10.9 Å². The van der Waals surface area contributed by atoms with Gasteiger partial charge in [-0.3, -0.25) is 0 Å². The first-order valence-corrected chi connectivity index (χ1v) is 6.98. The van der Waals surface area contributed by atoms with Gasteiger partial charge in [-0.2, -0.15) is 0 Å². The van der Waals surface area contributed by atoms with Crippen LogP contribution in [-0.4, -0.2) is 19.9 Å². The Hall–Kier alpha value is -3.14. The van der Waals surface area contributed by atoms with Gasteiger partial charge >= 0.3 is 0 Å². The van der Waals surface area contributed by atoms with Gasteiger partial charge in [-0.1, -0.05) is 42.5 Å². The Morgan fingerprint density at radius 2 is 1.50 bits per heavy atom. The average Bonchev–Trinajstić information content (AvgIpc) is 2.62. The molecule has 0 aliphatic carbocycles. The number of rotatable bonds is 2. The highest BCUT2D eigenvalue weighted by Gasteiger charge is 2.07. The molecule has 4 heteroatoms. The van der Waals surface area contributed by atoms with Gasteiger partial charge in [-0.25, -0.2) is 19.9 Å². The molecule has 22 heavy (non-hydrogen) atoms. The van der Waals surface area contributed by atoms with Gasteiger partial charge in [0, 0.05) is 24.0 Å². The topological polar surface area (TPSA) is 51.6 Å². The number of hydrogen-bond acceptors (Lipinski definition) is 4. The van der Waals surface area contributed by atoms with E-state index in [9.17, 15) is 0 Å². The summed E-state index contributed by atoms with van der Waals surface area (Å²) < 4.78 is 0. The third kappa shape index (κ3) is 2.20. The molecule has 0 N–H and O–H groups in total. The number of benzene rings is 2. The number of nitrogens with zero attached hydrogens (tertiary/aromatic N) is 4. The highest BCUT2D eigenvalue weighted by molar-refractivity contribution is 5.94. The van der Waals surface area contributed by atoms with Crippen LogP contribution in [0.15, 0.2) is 73.4 Å². The predicted molar refractivity (Wildman–Crippen MR) is 86.0 cm³/mol. The van der Waals surface area contributed by atoms with Crippen LogP contribution in [0, 0.1) is 0 Å². The molecule has 4 nitrogen and oxygen atoms in total. The van der Waals surface area contributed by atoms with E-state index in [2.05, 4.69) is 38.1 Å². The molecule has 0 saturated carbocycles. The SMILES string of the molecule is c1ccc(-c2cccc3nc(-c4cncnc4)ncc23)cc1. The summed E-state index contributed by atoms with van der Waals surface area (Å²) in [6.45, 7) is 0. The minimum Gasteiger partial charge on any atom is -0.244 e. The first-order chi connectivity index (χ1) is 10.9. The highest BCUT2D eigenvalue weighted by atomic mass is 14.9. The molecule has 0 bridgehead atoms. The second-order valence-corrected chi connectivity index (χ2v) is 4.93. The molecule has 0 spiro atoms. The summed E-state index contributed by atoms with van der Waals surface area (Å²) in [6, 6.07) is 16.4. The molecular weight excluding hydrogens is 272 g/mol. The lowest BCUT2D eigenvalue weighted by atomic mass is 10.0. The fourth-order valence-corrected chi connectivity index (χ4v) is 2.48. The number of aromatic nitrogens is 4. The smallest absolute Gasteiger partial charge is 0.162 e. The van der Waals surface area contributed by atoms with Crippen molar-refractivity contribution in [2.24, 2.45) is 0 Å². The molecule has 2 heterocycles. The van der Waals surface area contributed by atoms with E-state index in [-0.39, 0.29) is 0 Å². The standard InChI is InChI=1S/C18H12N4/c1-2-5-13(6-3-1)15-7-4-8-17-16(15)11-21-18(22-17)14-9-19-12-20-10-14/h1-12H. The maximum Gasteiger partial charge on any atom is 0.162 e. The quantitative estimate of drug-likeness (QED) is 0.562. The van der Waals surface area contributed by atoms with Gasteiger partial charge in [-0.15, -0.1) is 0 Å². The van der Waals surface area contributed by atoms with E-state index in [1.165, 1.54) is 6.33 Å². The van der Waals surface area contributed by atoms with Crippen LogP contribution >= 0.6 is 0 Å². The fraction of sp³-hybridized carbons (Fsp3) is 0. The number of hydrogen-bond donors (Lipinski definition) is 0. The van der Waals surface area contributed by atoms with E-state index >= 15 is 0 Å². The second kappa shape index (κ2) is 5.33. The lowest BCUT2D eigenvalue weighted by Crippen LogP contribution is -1.92. The van der Waals surface area contributed by atoms with Crippen LogP contribution in [0.25, 0.3) is 33.4 Å². The van der Waals surface area contributed by atoms with Crippen molar-refractivity contribution in [3.8, 4) is 22.5 Å². The Bertz CT molecular complexity index is 921. The van der Waals surface area contributed by atoms with E-state index in [0.29, 0.717) is 5.82 Å². The summed E-state index contributed by atoms with van der Waals surface area (Å²) in [5.74, 6) is 0.637. The van der Waals surface area contributed by atoms with Crippen molar-refractivity contribution in [3.63, 3.8) is 0 Å². The Balaban J connectivity index is 1.90. The Labute approximate surface area is 127 Å². The molecule has 0 unspecified atom stereocenters. The first kappa shape index (κ1) is 12.6. The van der Waals surface area contributed by atoms with Gasteiger partial charge in [0.1, 0.15) is 6.33 Å². The van der Waals surface area contributed by atoms with Gasteiger partial charge < -0.3 is 0 Å². The van der Waals surface area contributed by atoms with Gasteiger partial charge in [-0.05, 0) is 17.2 Å². The maximum atomic E-state index is 4.64. The fourth-order valence-electron chi connectivity index (χ4n) is 2.48. The lowest BCUT2D eigenvalue weighted by molar-refractivity contribution is 1.14. The zero-order chi connectivity index (χ0) is 14.8. The van der Waals surface area contributed by atoms with Crippen LogP contribution in [0.2, 0.25) is 0 Å². The van der Waals surface area contributed by atoms with Crippen molar-refractivity contribution in [3.05, 3.63) is 73.4 Å². The summed E-state index contributed by atoms with van der Waals surface area (Å²) in [6.07, 6.45) is 6.80. The Morgan fingerprint density at radius 1 is 0.682 bits per heavy atom. The summed E-state index contributed by atoms with van der Waals surface area (Å²) in [5, 5.41) is 1.04. The third-order valence-corrected chi connectivity index (χ3v) is 3.53. The molecule has 0 saturated heterocycles. The van der Waals surface area contributed by atoms with Gasteiger partial charge in [0.05, 0.1) is 11.1 Å². The average molecular weight is 284 g/mol. The molecule has 2 aromatic carbocycles. The van der Waals surface area contributed by atoms with Crippen LogP contribution in [0.4, 0.5) is 0 Å². The van der Waals surface area contributed by atoms with Gasteiger partial charge in [0.2, 0.25) is 0 Å². The third-order valence-electron chi connectivity index (χ3n) is 3.53. The van der Waals surface area contributed by atoms with Gasteiger partial charge in [0.15, 0.2) is 5.82 Å². The van der Waals surface area contributed by atoms with Crippen LogP contribution in [0.1, 0.15) is 0 Å². The zero-order valence-corrected chi connectivity index (χ0v) is 11.7. The Kier molecular flexibility index (Phi) is 3.05. The van der Waals surface area contributed by atoms with Crippen molar-refractivity contribution in [1.82, 2.24) is 19.9 Å². The van der Waals surface area contributed by atoms with Crippen LogP contribution in [0.3, 0.4) is 0 Å². The van der Waals surface area contributed by atoms with Crippen LogP contribution in [0.5, 0.6) is 0 Å². The highest BCUT2D eigenvalue weighted by Crippen LogP contribution is 2.28. The molecular formula is C18H12N4. The molecule has 4 rings (SSSR count). The summed E-state index contributed by atoms with van der Waals surface area (Å²) in [4.78, 5) is 17.1. The van der Waals surface area contributed by atoms with Crippen molar-refractivity contribution in [1.29, 1.82) is 0 Å². The maximum absolute atomic E-state index is 4.64. The van der Waals surface area contributed by atoms with E-state index in [0.717, 1.165) is 27.6 Å². The minimum atomic E-state index is 0.637. The van der Waals surface area contributed by atoms with E-state index in [4.69, 9.17) is 0 Å². The summed E-state index contributed by atoms with van der Waals surface area (Å²) in [7, 11) is 0.